The van der Waals surface area contributed by atoms with Crippen molar-refractivity contribution in [3.63, 3.8) is 0 Å². The van der Waals surface area contributed by atoms with E-state index in [1.807, 2.05) is 16.7 Å². The molecule has 1 aromatic carbocycles. The molecule has 0 unspecified atom stereocenters. The van der Waals surface area contributed by atoms with Crippen LogP contribution in [0.25, 0.3) is 16.8 Å². The first-order valence-corrected chi connectivity index (χ1v) is 6.60. The maximum atomic E-state index is 11.1. The van der Waals surface area contributed by atoms with Crippen LogP contribution in [-0.4, -0.2) is 15.7 Å². The molecule has 0 saturated heterocycles. The van der Waals surface area contributed by atoms with Crippen molar-refractivity contribution in [3.8, 4) is 11.1 Å². The van der Waals surface area contributed by atoms with E-state index in [1.165, 1.54) is 16.7 Å². The summed E-state index contributed by atoms with van der Waals surface area (Å²) in [6, 6.07) is 6.24. The Morgan fingerprint density at radius 3 is 2.45 bits per heavy atom. The normalized spacial score (nSPS) is 10.9. The second-order valence-corrected chi connectivity index (χ2v) is 5.24. The summed E-state index contributed by atoms with van der Waals surface area (Å²) in [5, 5.41) is 0. The number of carbonyl (C=O) groups excluding carboxylic acids is 1. The Morgan fingerprint density at radius 1 is 1.10 bits per heavy atom. The standard InChI is InChI=1S/C17H16N2O/c1-11-6-12(2)16(13(3)7-11)15-8-14(10-20)9-19-5-4-18-17(15)19/h4-10H,1-3H3. The fourth-order valence-corrected chi connectivity index (χ4v) is 2.91. The van der Waals surface area contributed by atoms with Crippen LogP contribution in [0.5, 0.6) is 0 Å². The van der Waals surface area contributed by atoms with Crippen molar-refractivity contribution in [2.75, 3.05) is 0 Å². The summed E-state index contributed by atoms with van der Waals surface area (Å²) < 4.78 is 1.90. The molecule has 0 amide bonds. The van der Waals surface area contributed by atoms with E-state index in [4.69, 9.17) is 0 Å². The number of pyridine rings is 1. The molecule has 0 bridgehead atoms. The van der Waals surface area contributed by atoms with Crippen LogP contribution in [0, 0.1) is 20.8 Å². The van der Waals surface area contributed by atoms with Crippen molar-refractivity contribution < 1.29 is 4.79 Å². The van der Waals surface area contributed by atoms with Crippen LogP contribution in [0.1, 0.15) is 27.0 Å². The molecular formula is C17H16N2O. The molecule has 20 heavy (non-hydrogen) atoms. The smallest absolute Gasteiger partial charge is 0.151 e. The molecule has 3 rings (SSSR count). The number of benzene rings is 1. The minimum Gasteiger partial charge on any atom is -0.306 e. The van der Waals surface area contributed by atoms with Crippen LogP contribution in [0.4, 0.5) is 0 Å². The van der Waals surface area contributed by atoms with Gasteiger partial charge in [0.1, 0.15) is 5.65 Å². The Hall–Kier alpha value is -2.42. The summed E-state index contributed by atoms with van der Waals surface area (Å²) in [5.41, 5.74) is 7.36. The lowest BCUT2D eigenvalue weighted by Gasteiger charge is -2.13. The van der Waals surface area contributed by atoms with Gasteiger partial charge in [0.15, 0.2) is 6.29 Å². The number of fused-ring (bicyclic) bond motifs is 1. The maximum Gasteiger partial charge on any atom is 0.151 e. The predicted octanol–water partition coefficient (Wildman–Crippen LogP) is 3.74. The van der Waals surface area contributed by atoms with Crippen molar-refractivity contribution >= 4 is 11.9 Å². The van der Waals surface area contributed by atoms with Gasteiger partial charge in [-0.1, -0.05) is 17.7 Å². The van der Waals surface area contributed by atoms with Gasteiger partial charge >= 0.3 is 0 Å². The van der Waals surface area contributed by atoms with E-state index < -0.39 is 0 Å². The van der Waals surface area contributed by atoms with Gasteiger partial charge in [0.05, 0.1) is 0 Å². The lowest BCUT2D eigenvalue weighted by molar-refractivity contribution is 0.112. The van der Waals surface area contributed by atoms with Crippen molar-refractivity contribution in [1.29, 1.82) is 0 Å². The molecule has 0 saturated carbocycles. The minimum atomic E-state index is 0.657. The molecule has 3 nitrogen and oxygen atoms in total. The Labute approximate surface area is 117 Å². The van der Waals surface area contributed by atoms with Gasteiger partial charge in [0, 0.05) is 29.7 Å². The largest absolute Gasteiger partial charge is 0.306 e. The van der Waals surface area contributed by atoms with Crippen LogP contribution in [0.15, 0.2) is 36.8 Å². The Balaban J connectivity index is 2.39. The first kappa shape index (κ1) is 12.6. The third-order valence-electron chi connectivity index (χ3n) is 3.59. The lowest BCUT2D eigenvalue weighted by atomic mass is 9.94. The lowest BCUT2D eigenvalue weighted by Crippen LogP contribution is -1.96. The topological polar surface area (TPSA) is 34.4 Å². The van der Waals surface area contributed by atoms with Crippen molar-refractivity contribution in [1.82, 2.24) is 9.38 Å². The molecule has 3 heteroatoms. The summed E-state index contributed by atoms with van der Waals surface area (Å²) in [6.45, 7) is 6.29. The quantitative estimate of drug-likeness (QED) is 0.661. The van der Waals surface area contributed by atoms with Crippen LogP contribution in [0.3, 0.4) is 0 Å². The van der Waals surface area contributed by atoms with Crippen molar-refractivity contribution in [2.24, 2.45) is 0 Å². The molecule has 0 spiro atoms. The molecule has 0 radical (unpaired) electrons. The number of aryl methyl sites for hydroxylation is 3. The van der Waals surface area contributed by atoms with Crippen LogP contribution in [-0.2, 0) is 0 Å². The Kier molecular flexibility index (Phi) is 2.90. The van der Waals surface area contributed by atoms with Gasteiger partial charge in [-0.25, -0.2) is 4.98 Å². The fourth-order valence-electron chi connectivity index (χ4n) is 2.91. The number of carbonyl (C=O) groups is 1. The summed E-state index contributed by atoms with van der Waals surface area (Å²) in [4.78, 5) is 15.6. The molecule has 0 aliphatic carbocycles. The molecular weight excluding hydrogens is 248 g/mol. The number of aldehydes is 1. The van der Waals surface area contributed by atoms with E-state index >= 15 is 0 Å². The highest BCUT2D eigenvalue weighted by atomic mass is 16.1. The second kappa shape index (κ2) is 4.60. The highest BCUT2D eigenvalue weighted by Gasteiger charge is 2.12. The number of imidazole rings is 1. The summed E-state index contributed by atoms with van der Waals surface area (Å²) in [6.07, 6.45) is 6.30. The van der Waals surface area contributed by atoms with Gasteiger partial charge in [-0.2, -0.15) is 0 Å². The molecule has 2 aromatic heterocycles. The first-order valence-electron chi connectivity index (χ1n) is 6.60. The van der Waals surface area contributed by atoms with E-state index in [2.05, 4.69) is 37.9 Å². The number of nitrogens with zero attached hydrogens (tertiary/aromatic N) is 2. The summed E-state index contributed by atoms with van der Waals surface area (Å²) >= 11 is 0. The van der Waals surface area contributed by atoms with Gasteiger partial charge in [0.25, 0.3) is 0 Å². The van der Waals surface area contributed by atoms with Crippen LogP contribution >= 0.6 is 0 Å². The van der Waals surface area contributed by atoms with E-state index in [0.717, 1.165) is 23.1 Å². The number of rotatable bonds is 2. The monoisotopic (exact) mass is 264 g/mol. The van der Waals surface area contributed by atoms with Gasteiger partial charge in [-0.3, -0.25) is 4.79 Å². The number of aromatic nitrogens is 2. The molecule has 100 valence electrons. The van der Waals surface area contributed by atoms with Crippen molar-refractivity contribution in [2.45, 2.75) is 20.8 Å². The highest BCUT2D eigenvalue weighted by Crippen LogP contribution is 2.31. The second-order valence-electron chi connectivity index (χ2n) is 5.24. The zero-order chi connectivity index (χ0) is 14.3. The Bertz CT molecular complexity index is 792. The molecule has 0 fully saturated rings. The number of hydrogen-bond acceptors (Lipinski definition) is 2. The van der Waals surface area contributed by atoms with E-state index in [9.17, 15) is 4.79 Å². The average Bonchev–Trinajstić information content (AvgIpc) is 2.85. The number of hydrogen-bond donors (Lipinski definition) is 0. The zero-order valence-electron chi connectivity index (χ0n) is 11.8. The molecule has 2 heterocycles. The van der Waals surface area contributed by atoms with Gasteiger partial charge in [-0.05, 0) is 43.5 Å². The third kappa shape index (κ3) is 1.92. The third-order valence-corrected chi connectivity index (χ3v) is 3.59. The molecule has 0 atom stereocenters. The van der Waals surface area contributed by atoms with E-state index in [-0.39, 0.29) is 0 Å². The predicted molar refractivity (Wildman–Crippen MR) is 80.2 cm³/mol. The highest BCUT2D eigenvalue weighted by molar-refractivity contribution is 5.87. The maximum absolute atomic E-state index is 11.1. The van der Waals surface area contributed by atoms with Crippen LogP contribution < -0.4 is 0 Å². The zero-order valence-corrected chi connectivity index (χ0v) is 11.8. The van der Waals surface area contributed by atoms with Gasteiger partial charge in [0.2, 0.25) is 0 Å². The molecule has 3 aromatic rings. The molecule has 0 N–H and O–H groups in total. The van der Waals surface area contributed by atoms with Crippen molar-refractivity contribution in [3.05, 3.63) is 59.0 Å². The average molecular weight is 264 g/mol. The SMILES string of the molecule is Cc1cc(C)c(-c2cc(C=O)cn3ccnc23)c(C)c1. The summed E-state index contributed by atoms with van der Waals surface area (Å²) in [7, 11) is 0. The van der Waals surface area contributed by atoms with Gasteiger partial charge < -0.3 is 4.40 Å². The molecule has 0 aliphatic heterocycles. The molecule has 0 aliphatic rings. The minimum absolute atomic E-state index is 0.657. The van der Waals surface area contributed by atoms with E-state index in [1.54, 1.807) is 12.4 Å². The van der Waals surface area contributed by atoms with E-state index in [0.29, 0.717) is 5.56 Å². The first-order chi connectivity index (χ1) is 9.60. The Morgan fingerprint density at radius 2 is 1.80 bits per heavy atom. The van der Waals surface area contributed by atoms with Gasteiger partial charge in [-0.15, -0.1) is 0 Å². The fraction of sp³-hybridized carbons (Fsp3) is 0.176. The van der Waals surface area contributed by atoms with Crippen LogP contribution in [0.2, 0.25) is 0 Å². The summed E-state index contributed by atoms with van der Waals surface area (Å²) in [5.74, 6) is 0.